The SMILES string of the molecule is Cc1csc(SCC(C(=O)OCc2ccc(Cl)c(C(F)(F)F)c2)C(O)c2nccs2)n1. The van der Waals surface area contributed by atoms with Gasteiger partial charge in [0.15, 0.2) is 0 Å². The molecule has 2 atom stereocenters. The van der Waals surface area contributed by atoms with Crippen LogP contribution in [0.3, 0.4) is 0 Å². The fraction of sp³-hybridized carbons (Fsp3) is 0.316. The molecule has 31 heavy (non-hydrogen) atoms. The molecule has 0 aliphatic rings. The summed E-state index contributed by atoms with van der Waals surface area (Å²) < 4.78 is 45.1. The van der Waals surface area contributed by atoms with Gasteiger partial charge < -0.3 is 9.84 Å². The normalized spacial score (nSPS) is 13.7. The smallest absolute Gasteiger partial charge is 0.417 e. The van der Waals surface area contributed by atoms with Crippen molar-refractivity contribution in [1.82, 2.24) is 9.97 Å². The van der Waals surface area contributed by atoms with E-state index in [4.69, 9.17) is 16.3 Å². The van der Waals surface area contributed by atoms with Crippen molar-refractivity contribution >= 4 is 52.0 Å². The maximum atomic E-state index is 13.0. The van der Waals surface area contributed by atoms with Crippen LogP contribution < -0.4 is 0 Å². The molecular formula is C19H16ClF3N2O3S3. The molecule has 0 amide bonds. The number of rotatable bonds is 8. The first-order valence-corrected chi connectivity index (χ1v) is 11.9. The van der Waals surface area contributed by atoms with Crippen molar-refractivity contribution in [2.24, 2.45) is 5.92 Å². The second-order valence-electron chi connectivity index (χ2n) is 6.41. The standard InChI is InChI=1S/C19H16ClF3N2O3S3/c1-10-8-30-18(25-10)31-9-12(15(26)16-24-4-5-29-16)17(27)28-7-11-2-3-14(20)13(6-11)19(21,22)23/h2-6,8,12,15,26H,7,9H2,1H3. The summed E-state index contributed by atoms with van der Waals surface area (Å²) in [5, 5.41) is 14.1. The third-order valence-electron chi connectivity index (χ3n) is 4.09. The summed E-state index contributed by atoms with van der Waals surface area (Å²) in [6, 6.07) is 3.30. The van der Waals surface area contributed by atoms with Crippen LogP contribution in [0.15, 0.2) is 39.5 Å². The number of aryl methyl sites for hydroxylation is 1. The number of carbonyl (C=O) groups excluding carboxylic acids is 1. The lowest BCUT2D eigenvalue weighted by molar-refractivity contribution is -0.153. The summed E-state index contributed by atoms with van der Waals surface area (Å²) in [6.07, 6.45) is -4.32. The highest BCUT2D eigenvalue weighted by Crippen LogP contribution is 2.36. The van der Waals surface area contributed by atoms with Gasteiger partial charge in [-0.25, -0.2) is 9.97 Å². The summed E-state index contributed by atoms with van der Waals surface area (Å²) in [6.45, 7) is 1.46. The Labute approximate surface area is 193 Å². The van der Waals surface area contributed by atoms with Crippen molar-refractivity contribution in [3.8, 4) is 0 Å². The first kappa shape index (κ1) is 24.0. The summed E-state index contributed by atoms with van der Waals surface area (Å²) in [7, 11) is 0. The van der Waals surface area contributed by atoms with Crippen molar-refractivity contribution in [3.63, 3.8) is 0 Å². The van der Waals surface area contributed by atoms with E-state index in [0.717, 1.165) is 22.2 Å². The average molecular weight is 509 g/mol. The van der Waals surface area contributed by atoms with Crippen molar-refractivity contribution in [2.45, 2.75) is 30.2 Å². The molecule has 2 aromatic heterocycles. The van der Waals surface area contributed by atoms with E-state index in [1.165, 1.54) is 46.7 Å². The molecule has 0 saturated heterocycles. The Morgan fingerprint density at radius 3 is 2.74 bits per heavy atom. The number of ether oxygens (including phenoxy) is 1. The number of aliphatic hydroxyl groups is 1. The number of carbonyl (C=O) groups is 1. The molecule has 0 spiro atoms. The number of alkyl halides is 3. The molecule has 1 aromatic carbocycles. The molecule has 0 aliphatic heterocycles. The molecule has 0 aliphatic carbocycles. The Bertz CT molecular complexity index is 1030. The predicted molar refractivity (Wildman–Crippen MR) is 114 cm³/mol. The minimum Gasteiger partial charge on any atom is -0.460 e. The molecule has 12 heteroatoms. The number of hydrogen-bond donors (Lipinski definition) is 1. The maximum Gasteiger partial charge on any atom is 0.417 e. The van der Waals surface area contributed by atoms with Crippen LogP contribution in [0.4, 0.5) is 13.2 Å². The highest BCUT2D eigenvalue weighted by Gasteiger charge is 2.34. The van der Waals surface area contributed by atoms with Crippen molar-refractivity contribution in [1.29, 1.82) is 0 Å². The number of hydrogen-bond acceptors (Lipinski definition) is 8. The summed E-state index contributed by atoms with van der Waals surface area (Å²) in [5.74, 6) is -1.55. The highest BCUT2D eigenvalue weighted by molar-refractivity contribution is 8.01. The third-order valence-corrected chi connectivity index (χ3v) is 7.52. The first-order chi connectivity index (χ1) is 14.6. The largest absolute Gasteiger partial charge is 0.460 e. The lowest BCUT2D eigenvalue weighted by Gasteiger charge is -2.19. The zero-order chi connectivity index (χ0) is 22.6. The maximum absolute atomic E-state index is 13.0. The van der Waals surface area contributed by atoms with Gasteiger partial charge in [-0.2, -0.15) is 13.2 Å². The fourth-order valence-electron chi connectivity index (χ4n) is 2.54. The Kier molecular flexibility index (Phi) is 7.98. The van der Waals surface area contributed by atoms with E-state index in [2.05, 4.69) is 9.97 Å². The van der Waals surface area contributed by atoms with Gasteiger partial charge in [0.05, 0.1) is 16.5 Å². The molecular weight excluding hydrogens is 493 g/mol. The van der Waals surface area contributed by atoms with Gasteiger partial charge in [0.2, 0.25) is 0 Å². The summed E-state index contributed by atoms with van der Waals surface area (Å²) >= 11 is 9.52. The van der Waals surface area contributed by atoms with Crippen molar-refractivity contribution in [3.05, 3.63) is 62.0 Å². The van der Waals surface area contributed by atoms with E-state index >= 15 is 0 Å². The number of thiazole rings is 2. The molecule has 1 N–H and O–H groups in total. The quantitative estimate of drug-likeness (QED) is 0.308. The monoisotopic (exact) mass is 508 g/mol. The molecule has 0 saturated carbocycles. The number of aromatic nitrogens is 2. The van der Waals surface area contributed by atoms with E-state index in [1.54, 1.807) is 5.38 Å². The number of esters is 1. The number of benzene rings is 1. The van der Waals surface area contributed by atoms with E-state index in [0.29, 0.717) is 5.01 Å². The van der Waals surface area contributed by atoms with Crippen LogP contribution in [0, 0.1) is 12.8 Å². The summed E-state index contributed by atoms with van der Waals surface area (Å²) in [4.78, 5) is 21.1. The number of halogens is 4. The van der Waals surface area contributed by atoms with Gasteiger partial charge in [0.25, 0.3) is 0 Å². The molecule has 3 rings (SSSR count). The topological polar surface area (TPSA) is 72.3 Å². The van der Waals surface area contributed by atoms with Gasteiger partial charge in [-0.3, -0.25) is 4.79 Å². The molecule has 166 valence electrons. The van der Waals surface area contributed by atoms with Crippen LogP contribution in [-0.2, 0) is 22.3 Å². The molecule has 3 aromatic rings. The van der Waals surface area contributed by atoms with Gasteiger partial charge in [-0.15, -0.1) is 22.7 Å². The molecule has 0 fully saturated rings. The fourth-order valence-corrected chi connectivity index (χ4v) is 5.44. The second kappa shape index (κ2) is 10.3. The van der Waals surface area contributed by atoms with Gasteiger partial charge in [0, 0.05) is 28.4 Å². The van der Waals surface area contributed by atoms with Crippen LogP contribution in [-0.4, -0.2) is 26.8 Å². The summed E-state index contributed by atoms with van der Waals surface area (Å²) in [5.41, 5.74) is -0.0251. The van der Waals surface area contributed by atoms with Crippen LogP contribution in [0.1, 0.15) is 27.9 Å². The number of thioether (sulfide) groups is 1. The Hall–Kier alpha value is -1.66. The van der Waals surface area contributed by atoms with Crippen LogP contribution in [0.25, 0.3) is 0 Å². The molecule has 0 radical (unpaired) electrons. The minimum atomic E-state index is -4.62. The zero-order valence-corrected chi connectivity index (χ0v) is 19.1. The zero-order valence-electron chi connectivity index (χ0n) is 15.9. The van der Waals surface area contributed by atoms with E-state index < -0.39 is 34.8 Å². The second-order valence-corrected chi connectivity index (χ2v) is 9.87. The molecule has 2 unspecified atom stereocenters. The molecule has 0 bridgehead atoms. The van der Waals surface area contributed by atoms with Gasteiger partial charge in [-0.05, 0) is 24.6 Å². The Balaban J connectivity index is 1.72. The molecule has 2 heterocycles. The number of nitrogens with zero attached hydrogens (tertiary/aromatic N) is 2. The van der Waals surface area contributed by atoms with Gasteiger partial charge in [0.1, 0.15) is 22.1 Å². The van der Waals surface area contributed by atoms with Crippen molar-refractivity contribution < 1.29 is 27.8 Å². The molecule has 5 nitrogen and oxygen atoms in total. The Morgan fingerprint density at radius 1 is 1.35 bits per heavy atom. The Morgan fingerprint density at radius 2 is 2.13 bits per heavy atom. The predicted octanol–water partition coefficient (Wildman–Crippen LogP) is 5.77. The lowest BCUT2D eigenvalue weighted by Crippen LogP contribution is -2.26. The highest BCUT2D eigenvalue weighted by atomic mass is 35.5. The van der Waals surface area contributed by atoms with Crippen LogP contribution in [0.2, 0.25) is 5.02 Å². The van der Waals surface area contributed by atoms with E-state index in [1.807, 2.05) is 12.3 Å². The van der Waals surface area contributed by atoms with Gasteiger partial charge in [-0.1, -0.05) is 29.4 Å². The van der Waals surface area contributed by atoms with Crippen LogP contribution >= 0.6 is 46.0 Å². The van der Waals surface area contributed by atoms with Crippen molar-refractivity contribution in [2.75, 3.05) is 5.75 Å². The first-order valence-electron chi connectivity index (χ1n) is 8.80. The third kappa shape index (κ3) is 6.42. The lowest BCUT2D eigenvalue weighted by atomic mass is 10.1. The average Bonchev–Trinajstić information content (AvgIpc) is 3.38. The van der Waals surface area contributed by atoms with Gasteiger partial charge >= 0.3 is 12.1 Å². The van der Waals surface area contributed by atoms with Crippen LogP contribution in [0.5, 0.6) is 0 Å². The number of aliphatic hydroxyl groups excluding tert-OH is 1. The minimum absolute atomic E-state index is 0.135. The van der Waals surface area contributed by atoms with E-state index in [9.17, 15) is 23.1 Å². The van der Waals surface area contributed by atoms with E-state index in [-0.39, 0.29) is 17.9 Å².